The molecule has 0 fully saturated rings. The van der Waals surface area contributed by atoms with Crippen molar-refractivity contribution in [2.45, 2.75) is 6.92 Å². The summed E-state index contributed by atoms with van der Waals surface area (Å²) in [4.78, 5) is 12.1. The SMILES string of the molecule is COc1cnc(-c2noc(C)n2)cn1. The predicted molar refractivity (Wildman–Crippen MR) is 46.6 cm³/mol. The first-order valence-corrected chi connectivity index (χ1v) is 3.96. The zero-order chi connectivity index (χ0) is 9.97. The third-order valence-corrected chi connectivity index (χ3v) is 1.59. The lowest BCUT2D eigenvalue weighted by molar-refractivity contribution is 0.392. The summed E-state index contributed by atoms with van der Waals surface area (Å²) in [6.45, 7) is 1.72. The zero-order valence-corrected chi connectivity index (χ0v) is 7.76. The van der Waals surface area contributed by atoms with Gasteiger partial charge in [0.2, 0.25) is 17.6 Å². The summed E-state index contributed by atoms with van der Waals surface area (Å²) >= 11 is 0. The molecular formula is C8H8N4O2. The molecule has 0 aliphatic rings. The smallest absolute Gasteiger partial charge is 0.232 e. The highest BCUT2D eigenvalue weighted by molar-refractivity contribution is 5.46. The van der Waals surface area contributed by atoms with Gasteiger partial charge in [-0.3, -0.25) is 0 Å². The molecular weight excluding hydrogens is 184 g/mol. The van der Waals surface area contributed by atoms with Crippen LogP contribution in [0.15, 0.2) is 16.9 Å². The number of ether oxygens (including phenoxy) is 1. The van der Waals surface area contributed by atoms with Crippen molar-refractivity contribution in [2.75, 3.05) is 7.11 Å². The average molecular weight is 192 g/mol. The van der Waals surface area contributed by atoms with E-state index in [9.17, 15) is 0 Å². The molecule has 2 aromatic heterocycles. The first kappa shape index (κ1) is 8.61. The van der Waals surface area contributed by atoms with Crippen LogP contribution >= 0.6 is 0 Å². The Kier molecular flexibility index (Phi) is 2.10. The van der Waals surface area contributed by atoms with Crippen LogP contribution in [0, 0.1) is 6.92 Å². The molecule has 2 rings (SSSR count). The number of rotatable bonds is 2. The highest BCUT2D eigenvalue weighted by Crippen LogP contribution is 2.12. The first-order chi connectivity index (χ1) is 6.79. The van der Waals surface area contributed by atoms with E-state index in [4.69, 9.17) is 9.26 Å². The van der Waals surface area contributed by atoms with Crippen LogP contribution in [0.3, 0.4) is 0 Å². The summed E-state index contributed by atoms with van der Waals surface area (Å²) in [5, 5.41) is 3.71. The van der Waals surface area contributed by atoms with E-state index in [1.807, 2.05) is 0 Å². The molecule has 0 atom stereocenters. The minimum atomic E-state index is 0.428. The molecule has 0 radical (unpaired) electrons. The van der Waals surface area contributed by atoms with Gasteiger partial charge in [-0.25, -0.2) is 9.97 Å². The third-order valence-electron chi connectivity index (χ3n) is 1.59. The number of nitrogens with zero attached hydrogens (tertiary/aromatic N) is 4. The molecule has 2 heterocycles. The highest BCUT2D eigenvalue weighted by atomic mass is 16.5. The lowest BCUT2D eigenvalue weighted by atomic mass is 10.4. The van der Waals surface area contributed by atoms with E-state index >= 15 is 0 Å². The summed E-state index contributed by atoms with van der Waals surface area (Å²) in [7, 11) is 1.53. The van der Waals surface area contributed by atoms with Gasteiger partial charge in [-0.1, -0.05) is 5.16 Å². The van der Waals surface area contributed by atoms with Crippen LogP contribution in [-0.2, 0) is 0 Å². The van der Waals surface area contributed by atoms with Gasteiger partial charge in [0.15, 0.2) is 0 Å². The summed E-state index contributed by atoms with van der Waals surface area (Å²) in [5.41, 5.74) is 0.558. The Morgan fingerprint density at radius 3 is 2.64 bits per heavy atom. The van der Waals surface area contributed by atoms with E-state index in [2.05, 4.69) is 20.1 Å². The lowest BCUT2D eigenvalue weighted by Crippen LogP contribution is -1.91. The Balaban J connectivity index is 2.33. The summed E-state index contributed by atoms with van der Waals surface area (Å²) in [6, 6.07) is 0. The summed E-state index contributed by atoms with van der Waals surface area (Å²) < 4.78 is 9.69. The van der Waals surface area contributed by atoms with Crippen molar-refractivity contribution < 1.29 is 9.26 Å². The van der Waals surface area contributed by atoms with Crippen LogP contribution in [0.5, 0.6) is 5.88 Å². The van der Waals surface area contributed by atoms with E-state index in [1.165, 1.54) is 19.5 Å². The monoisotopic (exact) mass is 192 g/mol. The Bertz CT molecular complexity index is 423. The maximum Gasteiger partial charge on any atom is 0.232 e. The van der Waals surface area contributed by atoms with Crippen LogP contribution in [0.1, 0.15) is 5.89 Å². The fraction of sp³-hybridized carbons (Fsp3) is 0.250. The summed E-state index contributed by atoms with van der Waals surface area (Å²) in [5.74, 6) is 1.38. The Morgan fingerprint density at radius 2 is 2.14 bits per heavy atom. The quantitative estimate of drug-likeness (QED) is 0.702. The van der Waals surface area contributed by atoms with Crippen molar-refractivity contribution in [1.29, 1.82) is 0 Å². The topological polar surface area (TPSA) is 73.9 Å². The molecule has 0 N–H and O–H groups in total. The van der Waals surface area contributed by atoms with Gasteiger partial charge in [-0.15, -0.1) is 0 Å². The molecule has 0 aliphatic carbocycles. The van der Waals surface area contributed by atoms with Gasteiger partial charge in [-0.2, -0.15) is 4.98 Å². The molecule has 0 bridgehead atoms. The minimum absolute atomic E-state index is 0.428. The maximum absolute atomic E-state index is 4.87. The molecule has 0 amide bonds. The Labute approximate surface area is 80.0 Å². The molecule has 0 aromatic carbocycles. The van der Waals surface area contributed by atoms with E-state index in [-0.39, 0.29) is 0 Å². The molecule has 0 unspecified atom stereocenters. The molecule has 72 valence electrons. The van der Waals surface area contributed by atoms with E-state index in [0.29, 0.717) is 23.3 Å². The van der Waals surface area contributed by atoms with Crippen LogP contribution in [0.2, 0.25) is 0 Å². The van der Waals surface area contributed by atoms with E-state index in [1.54, 1.807) is 6.92 Å². The van der Waals surface area contributed by atoms with Gasteiger partial charge >= 0.3 is 0 Å². The fourth-order valence-corrected chi connectivity index (χ4v) is 0.940. The third kappa shape index (κ3) is 1.54. The second kappa shape index (κ2) is 3.41. The van der Waals surface area contributed by atoms with Crippen molar-refractivity contribution in [3.8, 4) is 17.4 Å². The molecule has 2 aromatic rings. The van der Waals surface area contributed by atoms with Crippen LogP contribution in [0.25, 0.3) is 11.5 Å². The lowest BCUT2D eigenvalue weighted by Gasteiger charge is -1.96. The second-order valence-electron chi connectivity index (χ2n) is 2.58. The number of hydrogen-bond acceptors (Lipinski definition) is 6. The van der Waals surface area contributed by atoms with Crippen LogP contribution in [-0.4, -0.2) is 27.2 Å². The normalized spacial score (nSPS) is 10.1. The summed E-state index contributed by atoms with van der Waals surface area (Å²) in [6.07, 6.45) is 3.03. The van der Waals surface area contributed by atoms with Gasteiger partial charge in [0.05, 0.1) is 19.5 Å². The first-order valence-electron chi connectivity index (χ1n) is 3.96. The molecule has 0 aliphatic heterocycles. The highest BCUT2D eigenvalue weighted by Gasteiger charge is 2.07. The maximum atomic E-state index is 4.87. The van der Waals surface area contributed by atoms with E-state index < -0.39 is 0 Å². The number of aryl methyl sites for hydroxylation is 1. The van der Waals surface area contributed by atoms with E-state index in [0.717, 1.165) is 0 Å². The predicted octanol–water partition coefficient (Wildman–Crippen LogP) is 0.844. The molecule has 6 heteroatoms. The Morgan fingerprint density at radius 1 is 1.29 bits per heavy atom. The Hall–Kier alpha value is -1.98. The zero-order valence-electron chi connectivity index (χ0n) is 7.76. The van der Waals surface area contributed by atoms with Gasteiger partial charge < -0.3 is 9.26 Å². The van der Waals surface area contributed by atoms with Gasteiger partial charge in [0.25, 0.3) is 0 Å². The number of hydrogen-bond donors (Lipinski definition) is 0. The molecule has 0 saturated heterocycles. The van der Waals surface area contributed by atoms with Crippen molar-refractivity contribution >= 4 is 0 Å². The molecule has 6 nitrogen and oxygen atoms in total. The molecule has 14 heavy (non-hydrogen) atoms. The van der Waals surface area contributed by atoms with Crippen molar-refractivity contribution in [3.05, 3.63) is 18.3 Å². The number of aromatic nitrogens is 4. The van der Waals surface area contributed by atoms with Crippen molar-refractivity contribution in [2.24, 2.45) is 0 Å². The van der Waals surface area contributed by atoms with Gasteiger partial charge in [0, 0.05) is 6.92 Å². The number of methoxy groups -OCH3 is 1. The van der Waals surface area contributed by atoms with Crippen LogP contribution < -0.4 is 4.74 Å². The molecule has 0 spiro atoms. The fourth-order valence-electron chi connectivity index (χ4n) is 0.940. The van der Waals surface area contributed by atoms with Crippen LogP contribution in [0.4, 0.5) is 0 Å². The van der Waals surface area contributed by atoms with Crippen molar-refractivity contribution in [3.63, 3.8) is 0 Å². The molecule has 0 saturated carbocycles. The van der Waals surface area contributed by atoms with Gasteiger partial charge in [0.1, 0.15) is 5.69 Å². The average Bonchev–Trinajstić information content (AvgIpc) is 2.65. The standard InChI is InChI=1S/C8H8N4O2/c1-5-11-8(12-14-5)6-3-10-7(13-2)4-9-6/h3-4H,1-2H3. The van der Waals surface area contributed by atoms with Gasteiger partial charge in [-0.05, 0) is 0 Å². The minimum Gasteiger partial charge on any atom is -0.480 e. The van der Waals surface area contributed by atoms with Crippen molar-refractivity contribution in [1.82, 2.24) is 20.1 Å². The largest absolute Gasteiger partial charge is 0.480 e. The second-order valence-corrected chi connectivity index (χ2v) is 2.58.